The highest BCUT2D eigenvalue weighted by molar-refractivity contribution is 7.10. The zero-order valence-electron chi connectivity index (χ0n) is 12.2. The smallest absolute Gasteiger partial charge is 0.306 e. The van der Waals surface area contributed by atoms with Crippen LogP contribution in [0, 0.1) is 0 Å². The summed E-state index contributed by atoms with van der Waals surface area (Å²) in [5, 5.41) is 5.70. The third-order valence-corrected chi connectivity index (χ3v) is 4.73. The highest BCUT2D eigenvalue weighted by atomic mass is 32.1. The van der Waals surface area contributed by atoms with Crippen LogP contribution in [0.2, 0.25) is 0 Å². The van der Waals surface area contributed by atoms with Gasteiger partial charge >= 0.3 is 5.69 Å². The summed E-state index contributed by atoms with van der Waals surface area (Å²) in [7, 11) is 0. The van der Waals surface area contributed by atoms with Crippen molar-refractivity contribution in [2.75, 3.05) is 6.54 Å². The van der Waals surface area contributed by atoms with Crippen molar-refractivity contribution in [2.24, 2.45) is 0 Å². The molecule has 3 aromatic rings. The molecule has 2 aromatic heterocycles. The first-order chi connectivity index (χ1) is 10.2. The van der Waals surface area contributed by atoms with Crippen LogP contribution in [-0.2, 0) is 6.42 Å². The van der Waals surface area contributed by atoms with Gasteiger partial charge in [-0.2, -0.15) is 0 Å². The number of thiophene rings is 1. The van der Waals surface area contributed by atoms with Gasteiger partial charge in [0.2, 0.25) is 0 Å². The monoisotopic (exact) mass is 301 g/mol. The number of nitrogens with one attached hydrogen (secondary N) is 3. The number of aromatic amines is 2. The summed E-state index contributed by atoms with van der Waals surface area (Å²) in [4.78, 5) is 18.4. The molecule has 21 heavy (non-hydrogen) atoms. The largest absolute Gasteiger partial charge is 0.323 e. The Hall–Kier alpha value is -1.85. The molecule has 0 spiro atoms. The zero-order chi connectivity index (χ0) is 14.8. The third-order valence-electron chi connectivity index (χ3n) is 3.71. The lowest BCUT2D eigenvalue weighted by Crippen LogP contribution is -2.22. The van der Waals surface area contributed by atoms with Crippen molar-refractivity contribution in [3.8, 4) is 0 Å². The van der Waals surface area contributed by atoms with E-state index in [1.165, 1.54) is 16.0 Å². The van der Waals surface area contributed by atoms with Crippen molar-refractivity contribution >= 4 is 22.4 Å². The Morgan fingerprint density at radius 3 is 2.76 bits per heavy atom. The highest BCUT2D eigenvalue weighted by Gasteiger charge is 2.18. The van der Waals surface area contributed by atoms with Gasteiger partial charge in [-0.1, -0.05) is 19.9 Å². The maximum Gasteiger partial charge on any atom is 0.323 e. The van der Waals surface area contributed by atoms with E-state index in [-0.39, 0.29) is 11.7 Å². The van der Waals surface area contributed by atoms with E-state index in [0.717, 1.165) is 24.0 Å². The minimum atomic E-state index is -0.160. The van der Waals surface area contributed by atoms with Crippen LogP contribution in [0.15, 0.2) is 34.4 Å². The second kappa shape index (κ2) is 5.87. The van der Waals surface area contributed by atoms with Crippen molar-refractivity contribution in [3.63, 3.8) is 0 Å². The molecule has 0 radical (unpaired) electrons. The lowest BCUT2D eigenvalue weighted by Gasteiger charge is -2.19. The molecule has 0 aliphatic rings. The Morgan fingerprint density at radius 1 is 1.19 bits per heavy atom. The van der Waals surface area contributed by atoms with Crippen LogP contribution in [0.4, 0.5) is 0 Å². The Morgan fingerprint density at radius 2 is 2.00 bits per heavy atom. The van der Waals surface area contributed by atoms with Gasteiger partial charge in [0.15, 0.2) is 0 Å². The summed E-state index contributed by atoms with van der Waals surface area (Å²) in [5.41, 5.74) is 4.11. The summed E-state index contributed by atoms with van der Waals surface area (Å²) >= 11 is 1.79. The number of fused-ring (bicyclic) bond motifs is 1. The number of hydrogen-bond donors (Lipinski definition) is 3. The van der Waals surface area contributed by atoms with Gasteiger partial charge in [0, 0.05) is 4.88 Å². The van der Waals surface area contributed by atoms with Crippen molar-refractivity contribution in [1.29, 1.82) is 0 Å². The molecule has 1 aromatic carbocycles. The van der Waals surface area contributed by atoms with E-state index in [9.17, 15) is 4.79 Å². The fourth-order valence-electron chi connectivity index (χ4n) is 2.69. The van der Waals surface area contributed by atoms with Crippen LogP contribution in [0.1, 0.15) is 35.9 Å². The highest BCUT2D eigenvalue weighted by Crippen LogP contribution is 2.31. The summed E-state index contributed by atoms with van der Waals surface area (Å²) < 4.78 is 0. The van der Waals surface area contributed by atoms with Crippen LogP contribution < -0.4 is 11.0 Å². The first-order valence-corrected chi connectivity index (χ1v) is 8.12. The number of rotatable bonds is 5. The summed E-state index contributed by atoms with van der Waals surface area (Å²) in [6, 6.07) is 8.47. The predicted octanol–water partition coefficient (Wildman–Crippen LogP) is 3.18. The molecule has 4 nitrogen and oxygen atoms in total. The second-order valence-corrected chi connectivity index (χ2v) is 5.99. The standard InChI is InChI=1S/C16H19N3OS/c1-3-10-7-8-21-15(10)14(17-4-2)11-5-6-12-13(9-11)19-16(20)18-12/h5-9,14,17H,3-4H2,1-2H3,(H2,18,19,20). The minimum absolute atomic E-state index is 0.160. The number of benzene rings is 1. The lowest BCUT2D eigenvalue weighted by molar-refractivity contribution is 0.636. The molecule has 0 amide bonds. The summed E-state index contributed by atoms with van der Waals surface area (Å²) in [5.74, 6) is 0. The van der Waals surface area contributed by atoms with Gasteiger partial charge in [-0.05, 0) is 47.7 Å². The van der Waals surface area contributed by atoms with Crippen molar-refractivity contribution in [3.05, 3.63) is 56.1 Å². The van der Waals surface area contributed by atoms with Crippen molar-refractivity contribution < 1.29 is 0 Å². The average Bonchev–Trinajstić information content (AvgIpc) is 3.08. The van der Waals surface area contributed by atoms with Crippen LogP contribution >= 0.6 is 11.3 Å². The number of aryl methyl sites for hydroxylation is 1. The van der Waals surface area contributed by atoms with Crippen molar-refractivity contribution in [2.45, 2.75) is 26.3 Å². The zero-order valence-corrected chi connectivity index (χ0v) is 13.0. The first kappa shape index (κ1) is 14.1. The number of H-pyrrole nitrogens is 2. The maximum absolute atomic E-state index is 11.4. The second-order valence-electron chi connectivity index (χ2n) is 5.04. The van der Waals surface area contributed by atoms with E-state index < -0.39 is 0 Å². The van der Waals surface area contributed by atoms with E-state index >= 15 is 0 Å². The quantitative estimate of drug-likeness (QED) is 0.678. The van der Waals surface area contributed by atoms with E-state index in [2.05, 4.69) is 52.7 Å². The molecular weight excluding hydrogens is 282 g/mol. The van der Waals surface area contributed by atoms with Gasteiger partial charge in [0.05, 0.1) is 17.1 Å². The summed E-state index contributed by atoms with van der Waals surface area (Å²) in [6.07, 6.45) is 1.03. The number of hydrogen-bond acceptors (Lipinski definition) is 3. The molecule has 0 aliphatic carbocycles. The summed E-state index contributed by atoms with van der Waals surface area (Å²) in [6.45, 7) is 5.19. The molecule has 0 saturated heterocycles. The third kappa shape index (κ3) is 2.66. The van der Waals surface area contributed by atoms with Gasteiger partial charge in [-0.3, -0.25) is 0 Å². The molecule has 110 valence electrons. The predicted molar refractivity (Wildman–Crippen MR) is 88.1 cm³/mol. The number of aromatic nitrogens is 2. The topological polar surface area (TPSA) is 60.7 Å². The van der Waals surface area contributed by atoms with Crippen LogP contribution in [0.3, 0.4) is 0 Å². The van der Waals surface area contributed by atoms with Gasteiger partial charge in [0.25, 0.3) is 0 Å². The van der Waals surface area contributed by atoms with Gasteiger partial charge < -0.3 is 15.3 Å². The molecule has 1 atom stereocenters. The molecule has 1 unspecified atom stereocenters. The molecule has 0 bridgehead atoms. The fourth-order valence-corrected chi connectivity index (χ4v) is 3.79. The molecule has 3 N–H and O–H groups in total. The number of imidazole rings is 1. The van der Waals surface area contributed by atoms with Crippen LogP contribution in [-0.4, -0.2) is 16.5 Å². The fraction of sp³-hybridized carbons (Fsp3) is 0.312. The van der Waals surface area contributed by atoms with Gasteiger partial charge in [-0.25, -0.2) is 4.79 Å². The molecule has 0 saturated carbocycles. The lowest BCUT2D eigenvalue weighted by atomic mass is 10.0. The van der Waals surface area contributed by atoms with Crippen molar-refractivity contribution in [1.82, 2.24) is 15.3 Å². The van der Waals surface area contributed by atoms with Gasteiger partial charge in [0.1, 0.15) is 0 Å². The minimum Gasteiger partial charge on any atom is -0.306 e. The Bertz CT molecular complexity index is 799. The molecule has 3 rings (SSSR count). The molecule has 0 aliphatic heterocycles. The van der Waals surface area contributed by atoms with E-state index in [0.29, 0.717) is 0 Å². The molecule has 5 heteroatoms. The average molecular weight is 301 g/mol. The Labute approximate surface area is 127 Å². The van der Waals surface area contributed by atoms with E-state index in [1.807, 2.05) is 6.07 Å². The molecule has 2 heterocycles. The first-order valence-electron chi connectivity index (χ1n) is 7.24. The Balaban J connectivity index is 2.08. The molecule has 0 fully saturated rings. The van der Waals surface area contributed by atoms with E-state index in [1.54, 1.807) is 11.3 Å². The van der Waals surface area contributed by atoms with Gasteiger partial charge in [-0.15, -0.1) is 11.3 Å². The van der Waals surface area contributed by atoms with E-state index in [4.69, 9.17) is 0 Å². The normalized spacial score (nSPS) is 12.9. The maximum atomic E-state index is 11.4. The Kier molecular flexibility index (Phi) is 3.94. The van der Waals surface area contributed by atoms with Crippen LogP contribution in [0.5, 0.6) is 0 Å². The molecular formula is C16H19N3OS. The SMILES string of the molecule is CCNC(c1ccc2[nH]c(=O)[nH]c2c1)c1sccc1CC. The van der Waals surface area contributed by atoms with Crippen LogP contribution in [0.25, 0.3) is 11.0 Å².